The van der Waals surface area contributed by atoms with Gasteiger partial charge in [-0.1, -0.05) is 0 Å². The SMILES string of the molecule is NS(=O)(=O)c1cn(CC(F)(F)F)nc1[N+](=O)[O-]. The Hall–Kier alpha value is -1.69. The van der Waals surface area contributed by atoms with E-state index in [0.717, 1.165) is 0 Å². The van der Waals surface area contributed by atoms with Gasteiger partial charge in [0.15, 0.2) is 6.54 Å². The second-order valence-corrected chi connectivity index (χ2v) is 4.46. The molecule has 1 rings (SSSR count). The first-order valence-corrected chi connectivity index (χ1v) is 5.37. The van der Waals surface area contributed by atoms with E-state index in [1.807, 2.05) is 0 Å². The number of hydrogen-bond donors (Lipinski definition) is 1. The second-order valence-electron chi connectivity index (χ2n) is 2.93. The fraction of sp³-hybridized carbons (Fsp3) is 0.400. The lowest BCUT2D eigenvalue weighted by Crippen LogP contribution is -2.18. The van der Waals surface area contributed by atoms with Gasteiger partial charge in [-0.15, -0.1) is 0 Å². The maximum atomic E-state index is 12.0. The molecule has 0 unspecified atom stereocenters. The Morgan fingerprint density at radius 2 is 2.06 bits per heavy atom. The molecule has 0 bridgehead atoms. The molecule has 0 aliphatic carbocycles. The molecule has 0 saturated carbocycles. The van der Waals surface area contributed by atoms with Crippen LogP contribution < -0.4 is 5.14 Å². The molecule has 0 aliphatic heterocycles. The molecule has 96 valence electrons. The van der Waals surface area contributed by atoms with E-state index < -0.39 is 38.4 Å². The Bertz CT molecular complexity index is 548. The maximum absolute atomic E-state index is 12.0. The number of rotatable bonds is 3. The van der Waals surface area contributed by atoms with Crippen LogP contribution in [-0.2, 0) is 16.6 Å². The number of nitrogens with zero attached hydrogens (tertiary/aromatic N) is 3. The molecule has 0 radical (unpaired) electrons. The number of halogens is 3. The molecule has 2 N–H and O–H groups in total. The van der Waals surface area contributed by atoms with Gasteiger partial charge in [0, 0.05) is 0 Å². The summed E-state index contributed by atoms with van der Waals surface area (Å²) in [5.74, 6) is -1.24. The van der Waals surface area contributed by atoms with Gasteiger partial charge in [-0.3, -0.25) is 0 Å². The summed E-state index contributed by atoms with van der Waals surface area (Å²) < 4.78 is 57.8. The second kappa shape index (κ2) is 3.96. The predicted octanol–water partition coefficient (Wildman–Crippen LogP) is 0.00100. The first-order valence-electron chi connectivity index (χ1n) is 3.82. The molecule has 0 amide bonds. The largest absolute Gasteiger partial charge is 0.410 e. The minimum absolute atomic E-state index is 0.0951. The van der Waals surface area contributed by atoms with Gasteiger partial charge in [-0.2, -0.15) is 17.9 Å². The number of primary sulfonamides is 1. The van der Waals surface area contributed by atoms with Gasteiger partial charge in [0.2, 0.25) is 14.9 Å². The van der Waals surface area contributed by atoms with Crippen LogP contribution in [0.25, 0.3) is 0 Å². The summed E-state index contributed by atoms with van der Waals surface area (Å²) in [6, 6.07) is 0. The first-order chi connectivity index (χ1) is 7.50. The Labute approximate surface area is 92.0 Å². The van der Waals surface area contributed by atoms with E-state index >= 15 is 0 Å². The number of nitro groups is 1. The van der Waals surface area contributed by atoms with Crippen LogP contribution in [-0.4, -0.2) is 29.3 Å². The molecule has 0 saturated heterocycles. The Morgan fingerprint density at radius 3 is 2.35 bits per heavy atom. The zero-order valence-corrected chi connectivity index (χ0v) is 8.70. The van der Waals surface area contributed by atoms with Crippen LogP contribution in [0.5, 0.6) is 0 Å². The van der Waals surface area contributed by atoms with Crippen molar-refractivity contribution < 1.29 is 26.5 Å². The van der Waals surface area contributed by atoms with Gasteiger partial charge in [0.1, 0.15) is 0 Å². The molecule has 8 nitrogen and oxygen atoms in total. The van der Waals surface area contributed by atoms with E-state index in [9.17, 15) is 31.7 Å². The summed E-state index contributed by atoms with van der Waals surface area (Å²) in [7, 11) is -4.51. The fourth-order valence-electron chi connectivity index (χ4n) is 0.985. The van der Waals surface area contributed by atoms with Crippen LogP contribution in [0.4, 0.5) is 19.0 Å². The van der Waals surface area contributed by atoms with Crippen molar-refractivity contribution in [2.45, 2.75) is 17.6 Å². The van der Waals surface area contributed by atoms with Crippen LogP contribution in [0.1, 0.15) is 0 Å². The highest BCUT2D eigenvalue weighted by molar-refractivity contribution is 7.89. The van der Waals surface area contributed by atoms with Crippen molar-refractivity contribution in [1.82, 2.24) is 9.78 Å². The van der Waals surface area contributed by atoms with E-state index in [1.165, 1.54) is 0 Å². The first kappa shape index (κ1) is 13.4. The summed E-state index contributed by atoms with van der Waals surface area (Å²) in [4.78, 5) is 8.08. The van der Waals surface area contributed by atoms with Crippen molar-refractivity contribution in [1.29, 1.82) is 0 Å². The summed E-state index contributed by atoms with van der Waals surface area (Å²) >= 11 is 0. The summed E-state index contributed by atoms with van der Waals surface area (Å²) in [5, 5.41) is 17.9. The zero-order valence-electron chi connectivity index (χ0n) is 7.88. The molecule has 0 spiro atoms. The van der Waals surface area contributed by atoms with Gasteiger partial charge >= 0.3 is 12.0 Å². The minimum atomic E-state index is -4.69. The number of nitrogens with two attached hydrogens (primary N) is 1. The van der Waals surface area contributed by atoms with Crippen LogP contribution in [0.3, 0.4) is 0 Å². The van der Waals surface area contributed by atoms with E-state index in [-0.39, 0.29) is 4.68 Å². The summed E-state index contributed by atoms with van der Waals surface area (Å²) in [6.07, 6.45) is -4.32. The predicted molar refractivity (Wildman–Crippen MR) is 46.3 cm³/mol. The lowest BCUT2D eigenvalue weighted by atomic mass is 10.6. The standard InChI is InChI=1S/C5H5F3N4O4S/c6-5(7,8)2-11-1-3(17(9,15)16)4(10-11)12(13)14/h1H,2H2,(H2,9,15,16). The Morgan fingerprint density at radius 1 is 1.53 bits per heavy atom. The molecule has 1 aromatic heterocycles. The number of hydrogen-bond acceptors (Lipinski definition) is 5. The lowest BCUT2D eigenvalue weighted by molar-refractivity contribution is -0.392. The average molecular weight is 274 g/mol. The van der Waals surface area contributed by atoms with Crippen molar-refractivity contribution in [2.24, 2.45) is 5.14 Å². The molecule has 0 aromatic carbocycles. The molecule has 0 atom stereocenters. The monoisotopic (exact) mass is 274 g/mol. The molecule has 1 aromatic rings. The van der Waals surface area contributed by atoms with Crippen molar-refractivity contribution >= 4 is 15.8 Å². The van der Waals surface area contributed by atoms with Crippen molar-refractivity contribution in [3.8, 4) is 0 Å². The maximum Gasteiger partial charge on any atom is 0.410 e. The quantitative estimate of drug-likeness (QED) is 0.614. The molecular formula is C5H5F3N4O4S. The summed E-state index contributed by atoms with van der Waals surface area (Å²) in [6.45, 7) is -1.65. The van der Waals surface area contributed by atoms with E-state index in [2.05, 4.69) is 10.2 Å². The van der Waals surface area contributed by atoms with Crippen LogP contribution in [0.15, 0.2) is 11.1 Å². The van der Waals surface area contributed by atoms with Crippen LogP contribution in [0, 0.1) is 10.1 Å². The molecular weight excluding hydrogens is 269 g/mol. The lowest BCUT2D eigenvalue weighted by Gasteiger charge is -2.01. The molecule has 0 aliphatic rings. The van der Waals surface area contributed by atoms with E-state index in [4.69, 9.17) is 0 Å². The van der Waals surface area contributed by atoms with Gasteiger partial charge < -0.3 is 10.1 Å². The van der Waals surface area contributed by atoms with Crippen LogP contribution in [0.2, 0.25) is 0 Å². The minimum Gasteiger partial charge on any atom is -0.358 e. The molecule has 1 heterocycles. The highest BCUT2D eigenvalue weighted by Crippen LogP contribution is 2.23. The molecule has 12 heteroatoms. The van der Waals surface area contributed by atoms with Crippen molar-refractivity contribution in [3.63, 3.8) is 0 Å². The smallest absolute Gasteiger partial charge is 0.358 e. The van der Waals surface area contributed by atoms with E-state index in [1.54, 1.807) is 0 Å². The Balaban J connectivity index is 3.28. The third kappa shape index (κ3) is 3.39. The van der Waals surface area contributed by atoms with E-state index in [0.29, 0.717) is 6.20 Å². The third-order valence-electron chi connectivity index (χ3n) is 1.53. The number of sulfonamides is 1. The third-order valence-corrected chi connectivity index (χ3v) is 2.43. The van der Waals surface area contributed by atoms with Gasteiger partial charge in [-0.05, 0) is 4.92 Å². The topological polar surface area (TPSA) is 121 Å². The molecule has 0 fully saturated rings. The highest BCUT2D eigenvalue weighted by Gasteiger charge is 2.34. The van der Waals surface area contributed by atoms with Crippen molar-refractivity contribution in [3.05, 3.63) is 16.3 Å². The highest BCUT2D eigenvalue weighted by atomic mass is 32.2. The summed E-state index contributed by atoms with van der Waals surface area (Å²) in [5.41, 5.74) is 0. The number of alkyl halides is 3. The van der Waals surface area contributed by atoms with Gasteiger partial charge in [0.05, 0.1) is 11.3 Å². The molecule has 17 heavy (non-hydrogen) atoms. The van der Waals surface area contributed by atoms with Gasteiger partial charge in [0.25, 0.3) is 0 Å². The zero-order chi connectivity index (χ0) is 13.4. The Kier molecular flexibility index (Phi) is 3.11. The number of aromatic nitrogens is 2. The van der Waals surface area contributed by atoms with Crippen LogP contribution >= 0.6 is 0 Å². The normalized spacial score (nSPS) is 12.7. The fourth-order valence-corrected chi connectivity index (χ4v) is 1.62. The average Bonchev–Trinajstić information content (AvgIpc) is 2.43. The van der Waals surface area contributed by atoms with Crippen molar-refractivity contribution in [2.75, 3.05) is 0 Å². The van der Waals surface area contributed by atoms with Gasteiger partial charge in [-0.25, -0.2) is 13.6 Å².